The first-order valence-electron chi connectivity index (χ1n) is 6.46. The quantitative estimate of drug-likeness (QED) is 0.927. The van der Waals surface area contributed by atoms with Crippen LogP contribution in [0.5, 0.6) is 11.5 Å². The van der Waals surface area contributed by atoms with Crippen molar-refractivity contribution in [2.45, 2.75) is 38.5 Å². The largest absolute Gasteiger partial charge is 0.486 e. The predicted molar refractivity (Wildman–Crippen MR) is 76.9 cm³/mol. The molecule has 0 fully saturated rings. The van der Waals surface area contributed by atoms with Gasteiger partial charge < -0.3 is 9.47 Å². The van der Waals surface area contributed by atoms with Crippen molar-refractivity contribution in [3.05, 3.63) is 23.8 Å². The van der Waals surface area contributed by atoms with Gasteiger partial charge in [-0.3, -0.25) is 0 Å². The van der Waals surface area contributed by atoms with Crippen LogP contribution in [-0.2, 0) is 11.0 Å². The maximum atomic E-state index is 12.1. The lowest BCUT2D eigenvalue weighted by atomic mass is 10.1. The van der Waals surface area contributed by atoms with Crippen molar-refractivity contribution in [3.63, 3.8) is 0 Å². The molecular formula is C14H21NO3S. The van der Waals surface area contributed by atoms with E-state index in [1.54, 1.807) is 0 Å². The Balaban J connectivity index is 2.20. The van der Waals surface area contributed by atoms with Crippen LogP contribution in [0.2, 0.25) is 0 Å². The average molecular weight is 283 g/mol. The van der Waals surface area contributed by atoms with Crippen LogP contribution in [0.4, 0.5) is 0 Å². The van der Waals surface area contributed by atoms with Crippen LogP contribution in [0.1, 0.15) is 39.3 Å². The Bertz CT molecular complexity index is 482. The number of hydrogen-bond donors (Lipinski definition) is 1. The molecule has 0 saturated carbocycles. The molecule has 0 saturated heterocycles. The number of ether oxygens (including phenoxy) is 2. The molecule has 19 heavy (non-hydrogen) atoms. The van der Waals surface area contributed by atoms with Crippen LogP contribution < -0.4 is 14.2 Å². The van der Waals surface area contributed by atoms with Crippen molar-refractivity contribution in [2.75, 3.05) is 13.2 Å². The fourth-order valence-electron chi connectivity index (χ4n) is 1.84. The molecule has 1 N–H and O–H groups in total. The predicted octanol–water partition coefficient (Wildman–Crippen LogP) is 2.57. The molecule has 1 heterocycles. The van der Waals surface area contributed by atoms with Gasteiger partial charge in [-0.25, -0.2) is 8.93 Å². The second kappa shape index (κ2) is 5.51. The second-order valence-corrected chi connectivity index (χ2v) is 7.59. The van der Waals surface area contributed by atoms with Crippen molar-refractivity contribution < 1.29 is 13.7 Å². The highest BCUT2D eigenvalue weighted by Crippen LogP contribution is 2.37. The van der Waals surface area contributed by atoms with Gasteiger partial charge in [-0.05, 0) is 33.8 Å². The third-order valence-corrected chi connectivity index (χ3v) is 4.58. The Morgan fingerprint density at radius 2 is 1.95 bits per heavy atom. The molecule has 5 heteroatoms. The zero-order chi connectivity index (χ0) is 14.0. The molecule has 1 aliphatic rings. The van der Waals surface area contributed by atoms with E-state index in [1.165, 1.54) is 0 Å². The van der Waals surface area contributed by atoms with Gasteiger partial charge in [0.25, 0.3) is 0 Å². The minimum atomic E-state index is -1.12. The van der Waals surface area contributed by atoms with Gasteiger partial charge in [-0.15, -0.1) is 0 Å². The van der Waals surface area contributed by atoms with Crippen LogP contribution in [-0.4, -0.2) is 22.2 Å². The third-order valence-electron chi connectivity index (χ3n) is 2.90. The molecule has 1 aromatic carbocycles. The smallest absolute Gasteiger partial charge is 0.166 e. The van der Waals surface area contributed by atoms with E-state index in [1.807, 2.05) is 45.9 Å². The van der Waals surface area contributed by atoms with Gasteiger partial charge in [0.2, 0.25) is 0 Å². The zero-order valence-electron chi connectivity index (χ0n) is 11.9. The zero-order valence-corrected chi connectivity index (χ0v) is 12.7. The number of nitrogens with one attached hydrogen (secondary N) is 1. The second-order valence-electron chi connectivity index (χ2n) is 5.59. The monoisotopic (exact) mass is 283 g/mol. The molecule has 0 spiro atoms. The Kier molecular flexibility index (Phi) is 4.16. The molecule has 2 atom stereocenters. The van der Waals surface area contributed by atoms with Crippen LogP contribution >= 0.6 is 0 Å². The third kappa shape index (κ3) is 3.28. The molecule has 2 rings (SSSR count). The molecular weight excluding hydrogens is 262 g/mol. The fraction of sp³-hybridized carbons (Fsp3) is 0.571. The van der Waals surface area contributed by atoms with Crippen molar-refractivity contribution >= 4 is 11.0 Å². The van der Waals surface area contributed by atoms with E-state index in [0.717, 1.165) is 17.1 Å². The number of benzene rings is 1. The first-order chi connectivity index (χ1) is 8.89. The highest BCUT2D eigenvalue weighted by molar-refractivity contribution is 7.84. The van der Waals surface area contributed by atoms with Gasteiger partial charge in [0.1, 0.15) is 13.2 Å². The topological polar surface area (TPSA) is 47.6 Å². The summed E-state index contributed by atoms with van der Waals surface area (Å²) in [6, 6.07) is 5.74. The highest BCUT2D eigenvalue weighted by Gasteiger charge is 2.25. The molecule has 0 amide bonds. The molecule has 1 aromatic rings. The maximum absolute atomic E-state index is 12.1. The van der Waals surface area contributed by atoms with Gasteiger partial charge in [0.05, 0.1) is 15.7 Å². The van der Waals surface area contributed by atoms with Crippen LogP contribution in [0, 0.1) is 0 Å². The standard InChI is InChI=1S/C14H21NO3S/c1-10(15-19(16)14(2,3)4)11-6-5-7-12-13(11)18-9-8-17-12/h5-7,10,15H,8-9H2,1-4H3/t10-,19+/m0/s1. The van der Waals surface area contributed by atoms with Crippen molar-refractivity contribution in [1.29, 1.82) is 0 Å². The molecule has 0 radical (unpaired) electrons. The normalized spacial score (nSPS) is 17.9. The molecule has 106 valence electrons. The minimum absolute atomic E-state index is 0.0586. The molecule has 4 nitrogen and oxygen atoms in total. The van der Waals surface area contributed by atoms with Crippen molar-refractivity contribution in [3.8, 4) is 11.5 Å². The minimum Gasteiger partial charge on any atom is -0.486 e. The summed E-state index contributed by atoms with van der Waals surface area (Å²) in [5.74, 6) is 1.53. The summed E-state index contributed by atoms with van der Waals surface area (Å²) in [6.07, 6.45) is 0. The maximum Gasteiger partial charge on any atom is 0.166 e. The number of hydrogen-bond acceptors (Lipinski definition) is 3. The average Bonchev–Trinajstić information content (AvgIpc) is 2.36. The van der Waals surface area contributed by atoms with Gasteiger partial charge >= 0.3 is 0 Å². The molecule has 0 bridgehead atoms. The summed E-state index contributed by atoms with van der Waals surface area (Å²) in [4.78, 5) is 0. The Labute approximate surface area is 117 Å². The van der Waals surface area contributed by atoms with Gasteiger partial charge in [0, 0.05) is 11.6 Å². The summed E-state index contributed by atoms with van der Waals surface area (Å²) >= 11 is 0. The SMILES string of the molecule is C[C@H](N[S@](=O)C(C)(C)C)c1cccc2c1OCCO2. The van der Waals surface area contributed by atoms with E-state index in [-0.39, 0.29) is 10.8 Å². The lowest BCUT2D eigenvalue weighted by Gasteiger charge is -2.26. The summed E-state index contributed by atoms with van der Waals surface area (Å²) in [6.45, 7) is 8.96. The Morgan fingerprint density at radius 1 is 1.26 bits per heavy atom. The number of para-hydroxylation sites is 1. The van der Waals surface area contributed by atoms with E-state index in [0.29, 0.717) is 13.2 Å². The van der Waals surface area contributed by atoms with Gasteiger partial charge in [-0.2, -0.15) is 0 Å². The molecule has 0 unspecified atom stereocenters. The van der Waals surface area contributed by atoms with E-state index in [2.05, 4.69) is 4.72 Å². The van der Waals surface area contributed by atoms with E-state index < -0.39 is 11.0 Å². The Morgan fingerprint density at radius 3 is 2.63 bits per heavy atom. The first-order valence-corrected chi connectivity index (χ1v) is 7.61. The molecule has 0 aromatic heterocycles. The lowest BCUT2D eigenvalue weighted by Crippen LogP contribution is -2.35. The van der Waals surface area contributed by atoms with E-state index >= 15 is 0 Å². The summed E-state index contributed by atoms with van der Waals surface area (Å²) in [5.41, 5.74) is 0.981. The highest BCUT2D eigenvalue weighted by atomic mass is 32.2. The lowest BCUT2D eigenvalue weighted by molar-refractivity contribution is 0.169. The van der Waals surface area contributed by atoms with Gasteiger partial charge in [0.15, 0.2) is 11.5 Å². The Hall–Kier alpha value is -1.07. The first kappa shape index (κ1) is 14.3. The fourth-order valence-corrected chi connectivity index (χ4v) is 2.64. The van der Waals surface area contributed by atoms with Crippen LogP contribution in [0.25, 0.3) is 0 Å². The van der Waals surface area contributed by atoms with E-state index in [9.17, 15) is 4.21 Å². The summed E-state index contributed by atoms with van der Waals surface area (Å²) < 4.78 is 26.2. The van der Waals surface area contributed by atoms with Gasteiger partial charge in [-0.1, -0.05) is 12.1 Å². The molecule has 1 aliphatic heterocycles. The summed E-state index contributed by atoms with van der Waals surface area (Å²) in [7, 11) is -1.12. The number of rotatable bonds is 3. The molecule has 0 aliphatic carbocycles. The van der Waals surface area contributed by atoms with E-state index in [4.69, 9.17) is 9.47 Å². The van der Waals surface area contributed by atoms with Crippen molar-refractivity contribution in [1.82, 2.24) is 4.72 Å². The van der Waals surface area contributed by atoms with Crippen LogP contribution in [0.3, 0.4) is 0 Å². The number of fused-ring (bicyclic) bond motifs is 1. The summed E-state index contributed by atoms with van der Waals surface area (Å²) in [5, 5.41) is 0. The van der Waals surface area contributed by atoms with Crippen LogP contribution in [0.15, 0.2) is 18.2 Å². The van der Waals surface area contributed by atoms with Crippen molar-refractivity contribution in [2.24, 2.45) is 0 Å².